The summed E-state index contributed by atoms with van der Waals surface area (Å²) in [6.45, 7) is 3.62. The summed E-state index contributed by atoms with van der Waals surface area (Å²) in [6.07, 6.45) is 3.33. The fourth-order valence-corrected chi connectivity index (χ4v) is 3.14. The molecule has 3 heterocycles. The van der Waals surface area contributed by atoms with Gasteiger partial charge in [-0.05, 0) is 42.5 Å². The maximum absolute atomic E-state index is 12.5. The van der Waals surface area contributed by atoms with Crippen molar-refractivity contribution in [1.82, 2.24) is 10.3 Å². The van der Waals surface area contributed by atoms with Gasteiger partial charge in [-0.2, -0.15) is 0 Å². The van der Waals surface area contributed by atoms with E-state index < -0.39 is 0 Å². The highest BCUT2D eigenvalue weighted by molar-refractivity contribution is 5.94. The second-order valence-corrected chi connectivity index (χ2v) is 6.32. The number of hydrogen-bond acceptors (Lipinski definition) is 5. The number of carbonyl (C=O) groups excluding carboxylic acids is 1. The average Bonchev–Trinajstić information content (AvgIpc) is 3.28. The summed E-state index contributed by atoms with van der Waals surface area (Å²) in [5.41, 5.74) is 3.40. The van der Waals surface area contributed by atoms with Crippen LogP contribution in [0.4, 0.5) is 5.69 Å². The third-order valence-corrected chi connectivity index (χ3v) is 4.59. The molecule has 1 aliphatic heterocycles. The molecule has 6 nitrogen and oxygen atoms in total. The summed E-state index contributed by atoms with van der Waals surface area (Å²) in [6, 6.07) is 15.2. The largest absolute Gasteiger partial charge is 0.463 e. The van der Waals surface area contributed by atoms with Gasteiger partial charge in [0.15, 0.2) is 5.76 Å². The van der Waals surface area contributed by atoms with Crippen molar-refractivity contribution in [3.8, 4) is 11.5 Å². The van der Waals surface area contributed by atoms with Gasteiger partial charge in [-0.3, -0.25) is 9.78 Å². The first kappa shape index (κ1) is 17.3. The van der Waals surface area contributed by atoms with E-state index in [4.69, 9.17) is 9.15 Å². The molecule has 6 heteroatoms. The summed E-state index contributed by atoms with van der Waals surface area (Å²) in [4.78, 5) is 19.1. The Hall–Kier alpha value is -3.12. The van der Waals surface area contributed by atoms with E-state index in [2.05, 4.69) is 15.2 Å². The van der Waals surface area contributed by atoms with Gasteiger partial charge in [-0.15, -0.1) is 0 Å². The Bertz CT molecular complexity index is 885. The molecule has 0 atom stereocenters. The minimum absolute atomic E-state index is 0.113. The minimum Gasteiger partial charge on any atom is -0.463 e. The first-order chi connectivity index (χ1) is 13.3. The summed E-state index contributed by atoms with van der Waals surface area (Å²) in [5.74, 6) is 0.576. The van der Waals surface area contributed by atoms with E-state index >= 15 is 0 Å². The van der Waals surface area contributed by atoms with E-state index in [9.17, 15) is 4.79 Å². The van der Waals surface area contributed by atoms with Gasteiger partial charge >= 0.3 is 0 Å². The third-order valence-electron chi connectivity index (χ3n) is 4.59. The molecule has 0 bridgehead atoms. The number of nitrogens with one attached hydrogen (secondary N) is 1. The van der Waals surface area contributed by atoms with Crippen LogP contribution in [-0.2, 0) is 11.3 Å². The monoisotopic (exact) mass is 363 g/mol. The van der Waals surface area contributed by atoms with Crippen molar-refractivity contribution in [3.05, 3.63) is 72.1 Å². The molecule has 1 aliphatic rings. The summed E-state index contributed by atoms with van der Waals surface area (Å²) < 4.78 is 10.8. The highest BCUT2D eigenvalue weighted by Crippen LogP contribution is 2.21. The topological polar surface area (TPSA) is 67.6 Å². The molecule has 4 rings (SSSR count). The number of aromatic nitrogens is 1. The van der Waals surface area contributed by atoms with E-state index in [1.807, 2.05) is 48.5 Å². The van der Waals surface area contributed by atoms with Crippen LogP contribution in [0.25, 0.3) is 11.5 Å². The Balaban J connectivity index is 1.41. The van der Waals surface area contributed by atoms with Gasteiger partial charge in [0.05, 0.1) is 19.5 Å². The van der Waals surface area contributed by atoms with Gasteiger partial charge in [0.2, 0.25) is 0 Å². The van der Waals surface area contributed by atoms with Gasteiger partial charge < -0.3 is 19.4 Å². The van der Waals surface area contributed by atoms with E-state index in [-0.39, 0.29) is 5.91 Å². The molecule has 2 aromatic heterocycles. The van der Waals surface area contributed by atoms with Gasteiger partial charge in [0.25, 0.3) is 5.91 Å². The maximum Gasteiger partial charge on any atom is 0.251 e. The number of nitrogens with zero attached hydrogens (tertiary/aromatic N) is 2. The highest BCUT2D eigenvalue weighted by atomic mass is 16.5. The van der Waals surface area contributed by atoms with Crippen LogP contribution in [0.5, 0.6) is 0 Å². The summed E-state index contributed by atoms with van der Waals surface area (Å²) >= 11 is 0. The number of furan rings is 1. The van der Waals surface area contributed by atoms with Gasteiger partial charge in [0.1, 0.15) is 5.69 Å². The van der Waals surface area contributed by atoms with Gasteiger partial charge in [-0.25, -0.2) is 0 Å². The first-order valence-electron chi connectivity index (χ1n) is 9.00. The predicted molar refractivity (Wildman–Crippen MR) is 103 cm³/mol. The van der Waals surface area contributed by atoms with Gasteiger partial charge in [0, 0.05) is 42.6 Å². The number of ether oxygens (including phenoxy) is 1. The zero-order valence-electron chi connectivity index (χ0n) is 14.9. The standard InChI is InChI=1S/C21H21N3O3/c25-21(16-5-7-18(8-6-16)24-10-13-26-14-11-24)23-15-17-3-1-9-22-20(17)19-4-2-12-27-19/h1-9,12H,10-11,13-15H2,(H,23,25). The SMILES string of the molecule is O=C(NCc1cccnc1-c1ccco1)c1ccc(N2CCOCC2)cc1. The molecule has 27 heavy (non-hydrogen) atoms. The van der Waals surface area contributed by atoms with Crippen LogP contribution in [0.1, 0.15) is 15.9 Å². The van der Waals surface area contributed by atoms with E-state index in [0.717, 1.165) is 43.2 Å². The number of carbonyl (C=O) groups is 1. The zero-order valence-corrected chi connectivity index (χ0v) is 14.9. The Morgan fingerprint density at radius 3 is 2.63 bits per heavy atom. The molecule has 1 aromatic carbocycles. The van der Waals surface area contributed by atoms with Crippen LogP contribution < -0.4 is 10.2 Å². The van der Waals surface area contributed by atoms with Crippen molar-refractivity contribution >= 4 is 11.6 Å². The lowest BCUT2D eigenvalue weighted by molar-refractivity contribution is 0.0951. The van der Waals surface area contributed by atoms with E-state index in [1.165, 1.54) is 0 Å². The van der Waals surface area contributed by atoms with Crippen LogP contribution in [0.3, 0.4) is 0 Å². The number of pyridine rings is 1. The lowest BCUT2D eigenvalue weighted by atomic mass is 10.1. The Morgan fingerprint density at radius 1 is 1.07 bits per heavy atom. The zero-order chi connectivity index (χ0) is 18.5. The second kappa shape index (κ2) is 8.05. The van der Waals surface area contributed by atoms with Crippen LogP contribution in [-0.4, -0.2) is 37.2 Å². The number of amides is 1. The summed E-state index contributed by atoms with van der Waals surface area (Å²) in [7, 11) is 0. The molecule has 0 aliphatic carbocycles. The van der Waals surface area contributed by atoms with Crippen molar-refractivity contribution in [2.45, 2.75) is 6.54 Å². The molecular formula is C21H21N3O3. The highest BCUT2D eigenvalue weighted by Gasteiger charge is 2.13. The van der Waals surface area contributed by atoms with E-state index in [1.54, 1.807) is 12.5 Å². The fourth-order valence-electron chi connectivity index (χ4n) is 3.14. The number of morpholine rings is 1. The Labute approximate surface area is 157 Å². The Kier molecular flexibility index (Phi) is 5.16. The molecule has 0 unspecified atom stereocenters. The van der Waals surface area contributed by atoms with Crippen molar-refractivity contribution in [2.75, 3.05) is 31.2 Å². The molecule has 1 N–H and O–H groups in total. The molecule has 1 amide bonds. The number of benzene rings is 1. The normalized spacial score (nSPS) is 14.1. The minimum atomic E-state index is -0.113. The smallest absolute Gasteiger partial charge is 0.251 e. The van der Waals surface area contributed by atoms with Crippen molar-refractivity contribution in [3.63, 3.8) is 0 Å². The molecule has 0 spiro atoms. The second-order valence-electron chi connectivity index (χ2n) is 6.32. The molecular weight excluding hydrogens is 342 g/mol. The van der Waals surface area contributed by atoms with Crippen LogP contribution >= 0.6 is 0 Å². The van der Waals surface area contributed by atoms with Crippen LogP contribution in [0, 0.1) is 0 Å². The Morgan fingerprint density at radius 2 is 1.89 bits per heavy atom. The first-order valence-corrected chi connectivity index (χ1v) is 9.00. The maximum atomic E-state index is 12.5. The van der Waals surface area contributed by atoms with Crippen LogP contribution in [0.2, 0.25) is 0 Å². The molecule has 0 saturated carbocycles. The lowest BCUT2D eigenvalue weighted by Crippen LogP contribution is -2.36. The quantitative estimate of drug-likeness (QED) is 0.754. The predicted octanol–water partition coefficient (Wildman–Crippen LogP) is 3.11. The number of anilines is 1. The fraction of sp³-hybridized carbons (Fsp3) is 0.238. The lowest BCUT2D eigenvalue weighted by Gasteiger charge is -2.28. The third kappa shape index (κ3) is 4.01. The van der Waals surface area contributed by atoms with Crippen LogP contribution in [0.15, 0.2) is 65.4 Å². The van der Waals surface area contributed by atoms with Crippen molar-refractivity contribution in [1.29, 1.82) is 0 Å². The molecule has 1 saturated heterocycles. The average molecular weight is 363 g/mol. The molecule has 1 fully saturated rings. The summed E-state index contributed by atoms with van der Waals surface area (Å²) in [5, 5.41) is 2.96. The van der Waals surface area contributed by atoms with Crippen molar-refractivity contribution in [2.24, 2.45) is 0 Å². The number of rotatable bonds is 5. The van der Waals surface area contributed by atoms with Crippen molar-refractivity contribution < 1.29 is 13.9 Å². The molecule has 0 radical (unpaired) electrons. The van der Waals surface area contributed by atoms with E-state index in [0.29, 0.717) is 17.9 Å². The molecule has 138 valence electrons. The molecule has 3 aromatic rings. The number of hydrogen-bond donors (Lipinski definition) is 1. The van der Waals surface area contributed by atoms with Gasteiger partial charge in [-0.1, -0.05) is 6.07 Å².